The molecule has 29 heavy (non-hydrogen) atoms. The van der Waals surface area contributed by atoms with Crippen molar-refractivity contribution in [3.8, 4) is 11.5 Å². The fraction of sp³-hybridized carbons (Fsp3) is 0.333. The summed E-state index contributed by atoms with van der Waals surface area (Å²) in [5.41, 5.74) is 10.4. The first-order valence-corrected chi connectivity index (χ1v) is 9.40. The molecule has 0 atom stereocenters. The van der Waals surface area contributed by atoms with E-state index in [4.69, 9.17) is 29.7 Å². The molecule has 0 spiro atoms. The fourth-order valence-corrected chi connectivity index (χ4v) is 3.27. The summed E-state index contributed by atoms with van der Waals surface area (Å²) in [7, 11) is 3.27. The molecule has 0 saturated carbocycles. The van der Waals surface area contributed by atoms with E-state index in [1.807, 2.05) is 35.2 Å². The molecular formula is C21H24N4O4. The molecule has 0 radical (unpaired) electrons. The van der Waals surface area contributed by atoms with Gasteiger partial charge in [0.1, 0.15) is 19.0 Å². The van der Waals surface area contributed by atoms with Crippen LogP contribution in [0.3, 0.4) is 0 Å². The molecule has 2 heterocycles. The van der Waals surface area contributed by atoms with E-state index in [-0.39, 0.29) is 0 Å². The quantitative estimate of drug-likeness (QED) is 0.545. The maximum atomic E-state index is 6.13. The van der Waals surface area contributed by atoms with Gasteiger partial charge in [-0.2, -0.15) is 0 Å². The van der Waals surface area contributed by atoms with Gasteiger partial charge in [0.2, 0.25) is 0 Å². The van der Waals surface area contributed by atoms with Crippen LogP contribution in [0.15, 0.2) is 40.3 Å². The number of hydrogen-bond acceptors (Lipinski definition) is 8. The molecule has 2 aromatic carbocycles. The summed E-state index contributed by atoms with van der Waals surface area (Å²) < 4.78 is 21.9. The molecule has 8 nitrogen and oxygen atoms in total. The third-order valence-electron chi connectivity index (χ3n) is 4.74. The molecule has 2 N–H and O–H groups in total. The Morgan fingerprint density at radius 2 is 1.69 bits per heavy atom. The standard InChI is InChI=1S/C21H24N4O4/c1-26-6-8-28-19-10-14-18(11-20(19)29-9-7-27-2)23-13-25-12-15-16(22)4-3-5-17(15)24-21(14)25/h3-5,10-11,13H,6-9,12,22H2,1-2H3. The highest BCUT2D eigenvalue weighted by molar-refractivity contribution is 6.13. The highest BCUT2D eigenvalue weighted by Crippen LogP contribution is 2.40. The smallest absolute Gasteiger partial charge is 0.163 e. The zero-order valence-corrected chi connectivity index (χ0v) is 16.6. The third-order valence-corrected chi connectivity index (χ3v) is 4.74. The summed E-state index contributed by atoms with van der Waals surface area (Å²) in [6.07, 6.45) is 1.78. The molecule has 0 bridgehead atoms. The van der Waals surface area contributed by atoms with E-state index in [0.29, 0.717) is 44.5 Å². The summed E-state index contributed by atoms with van der Waals surface area (Å²) in [6.45, 7) is 2.41. The lowest BCUT2D eigenvalue weighted by molar-refractivity contribution is 0.132. The minimum absolute atomic E-state index is 0.411. The van der Waals surface area contributed by atoms with E-state index < -0.39 is 0 Å². The number of benzene rings is 2. The van der Waals surface area contributed by atoms with Gasteiger partial charge in [0.15, 0.2) is 11.5 Å². The zero-order valence-electron chi connectivity index (χ0n) is 16.6. The van der Waals surface area contributed by atoms with Crippen molar-refractivity contribution >= 4 is 29.2 Å². The molecule has 152 valence electrons. The van der Waals surface area contributed by atoms with Gasteiger partial charge < -0.3 is 29.6 Å². The maximum Gasteiger partial charge on any atom is 0.163 e. The van der Waals surface area contributed by atoms with Crippen LogP contribution in [-0.4, -0.2) is 57.7 Å². The van der Waals surface area contributed by atoms with Gasteiger partial charge in [-0.15, -0.1) is 0 Å². The highest BCUT2D eigenvalue weighted by atomic mass is 16.5. The van der Waals surface area contributed by atoms with Gasteiger partial charge in [0.05, 0.1) is 37.5 Å². The van der Waals surface area contributed by atoms with Crippen molar-refractivity contribution in [3.63, 3.8) is 0 Å². The average Bonchev–Trinajstić information content (AvgIpc) is 2.73. The van der Waals surface area contributed by atoms with Crippen LogP contribution in [0.25, 0.3) is 0 Å². The number of nitrogens with zero attached hydrogens (tertiary/aromatic N) is 3. The SMILES string of the molecule is COCCOc1cc2c(cc1OCCOC)C1=Nc3cccc(N)c3CN1C=N2. The molecule has 0 unspecified atom stereocenters. The Morgan fingerprint density at radius 1 is 0.966 bits per heavy atom. The maximum absolute atomic E-state index is 6.13. The Hall–Kier alpha value is -3.10. The van der Waals surface area contributed by atoms with Crippen LogP contribution < -0.4 is 15.2 Å². The molecule has 4 rings (SSSR count). The highest BCUT2D eigenvalue weighted by Gasteiger charge is 2.27. The molecule has 0 fully saturated rings. The van der Waals surface area contributed by atoms with Gasteiger partial charge in [-0.05, 0) is 18.2 Å². The average molecular weight is 396 g/mol. The number of methoxy groups -OCH3 is 2. The summed E-state index contributed by atoms with van der Waals surface area (Å²) >= 11 is 0. The number of rotatable bonds is 8. The van der Waals surface area contributed by atoms with E-state index in [0.717, 1.165) is 34.0 Å². The van der Waals surface area contributed by atoms with Crippen molar-refractivity contribution in [1.29, 1.82) is 0 Å². The van der Waals surface area contributed by atoms with Gasteiger partial charge in [-0.1, -0.05) is 6.07 Å². The van der Waals surface area contributed by atoms with Gasteiger partial charge in [-0.25, -0.2) is 9.98 Å². The summed E-state index contributed by atoms with van der Waals surface area (Å²) in [5, 5.41) is 0. The van der Waals surface area contributed by atoms with Crippen LogP contribution in [0.4, 0.5) is 17.1 Å². The number of amidine groups is 1. The largest absolute Gasteiger partial charge is 0.487 e. The van der Waals surface area contributed by atoms with Crippen molar-refractivity contribution in [2.45, 2.75) is 6.54 Å². The second-order valence-corrected chi connectivity index (χ2v) is 6.65. The lowest BCUT2D eigenvalue weighted by Gasteiger charge is -2.31. The van der Waals surface area contributed by atoms with Crippen molar-refractivity contribution < 1.29 is 18.9 Å². The van der Waals surface area contributed by atoms with Crippen LogP contribution in [0.1, 0.15) is 11.1 Å². The van der Waals surface area contributed by atoms with Crippen molar-refractivity contribution in [3.05, 3.63) is 41.5 Å². The number of hydrogen-bond donors (Lipinski definition) is 1. The van der Waals surface area contributed by atoms with Crippen LogP contribution >= 0.6 is 0 Å². The molecule has 0 saturated heterocycles. The second-order valence-electron chi connectivity index (χ2n) is 6.65. The first-order chi connectivity index (χ1) is 14.2. The summed E-state index contributed by atoms with van der Waals surface area (Å²) in [6, 6.07) is 9.57. The van der Waals surface area contributed by atoms with Gasteiger partial charge in [-0.3, -0.25) is 0 Å². The Kier molecular flexibility index (Phi) is 5.64. The normalized spacial score (nSPS) is 14.0. The van der Waals surface area contributed by atoms with Crippen LogP contribution in [0, 0.1) is 0 Å². The molecule has 2 aliphatic rings. The van der Waals surface area contributed by atoms with Crippen molar-refractivity contribution in [2.75, 3.05) is 46.4 Å². The first kappa shape index (κ1) is 19.2. The monoisotopic (exact) mass is 396 g/mol. The number of nitrogens with two attached hydrogens (primary N) is 1. The third kappa shape index (κ3) is 3.90. The molecule has 0 aromatic heterocycles. The lowest BCUT2D eigenvalue weighted by atomic mass is 10.0. The number of anilines is 1. The minimum Gasteiger partial charge on any atom is -0.487 e. The van der Waals surface area contributed by atoms with Gasteiger partial charge >= 0.3 is 0 Å². The molecule has 0 aliphatic carbocycles. The number of ether oxygens (including phenoxy) is 4. The Balaban J connectivity index is 1.72. The topological polar surface area (TPSA) is 90.9 Å². The lowest BCUT2D eigenvalue weighted by Crippen LogP contribution is -2.34. The van der Waals surface area contributed by atoms with Crippen LogP contribution in [0.5, 0.6) is 11.5 Å². The molecular weight excluding hydrogens is 372 g/mol. The molecule has 2 aromatic rings. The zero-order chi connectivity index (χ0) is 20.2. The second kappa shape index (κ2) is 8.50. The first-order valence-electron chi connectivity index (χ1n) is 9.40. The van der Waals surface area contributed by atoms with E-state index in [9.17, 15) is 0 Å². The fourth-order valence-electron chi connectivity index (χ4n) is 3.27. The molecule has 8 heteroatoms. The van der Waals surface area contributed by atoms with Crippen molar-refractivity contribution in [2.24, 2.45) is 9.98 Å². The van der Waals surface area contributed by atoms with Crippen molar-refractivity contribution in [1.82, 2.24) is 4.90 Å². The Labute approximate surface area is 169 Å². The molecule has 0 amide bonds. The number of aliphatic imine (C=N–C) groups is 2. The predicted molar refractivity (Wildman–Crippen MR) is 112 cm³/mol. The number of fused-ring (bicyclic) bond motifs is 4. The minimum atomic E-state index is 0.411. The van der Waals surface area contributed by atoms with E-state index in [2.05, 4.69) is 4.99 Å². The predicted octanol–water partition coefficient (Wildman–Crippen LogP) is 2.89. The molecule has 2 aliphatic heterocycles. The summed E-state index contributed by atoms with van der Waals surface area (Å²) in [5.74, 6) is 2.05. The van der Waals surface area contributed by atoms with E-state index in [1.165, 1.54) is 0 Å². The van der Waals surface area contributed by atoms with Crippen LogP contribution in [0.2, 0.25) is 0 Å². The Morgan fingerprint density at radius 3 is 2.41 bits per heavy atom. The summed E-state index contributed by atoms with van der Waals surface area (Å²) in [4.78, 5) is 11.4. The van der Waals surface area contributed by atoms with E-state index >= 15 is 0 Å². The number of nitrogen functional groups attached to an aromatic ring is 1. The van der Waals surface area contributed by atoms with Crippen LogP contribution in [-0.2, 0) is 16.0 Å². The Bertz CT molecular complexity index is 958. The van der Waals surface area contributed by atoms with Gasteiger partial charge in [0, 0.05) is 37.1 Å². The van der Waals surface area contributed by atoms with Gasteiger partial charge in [0.25, 0.3) is 0 Å². The van der Waals surface area contributed by atoms with E-state index in [1.54, 1.807) is 20.6 Å².